The first-order valence-corrected chi connectivity index (χ1v) is 7.30. The maximum atomic E-state index is 11.7. The van der Waals surface area contributed by atoms with E-state index in [4.69, 9.17) is 0 Å². The van der Waals surface area contributed by atoms with Gasteiger partial charge in [0.25, 0.3) is 5.56 Å². The molecule has 0 atom stereocenters. The van der Waals surface area contributed by atoms with Crippen LogP contribution in [0.1, 0.15) is 29.9 Å². The number of aromatic nitrogens is 2. The van der Waals surface area contributed by atoms with E-state index in [-0.39, 0.29) is 17.1 Å². The minimum absolute atomic E-state index is 0.177. The van der Waals surface area contributed by atoms with Crippen molar-refractivity contribution >= 4 is 9.84 Å². The first-order chi connectivity index (χ1) is 7.46. The molecule has 0 aliphatic heterocycles. The smallest absolute Gasteiger partial charge is 0.254 e. The van der Waals surface area contributed by atoms with Crippen LogP contribution in [0.2, 0.25) is 0 Å². The Morgan fingerprint density at radius 1 is 1.31 bits per heavy atom. The number of fused-ring (bicyclic) bond motifs is 1. The van der Waals surface area contributed by atoms with Gasteiger partial charge in [0.05, 0.1) is 5.69 Å². The summed E-state index contributed by atoms with van der Waals surface area (Å²) >= 11 is 0. The van der Waals surface area contributed by atoms with Crippen LogP contribution in [0, 0.1) is 0 Å². The molecule has 5 nitrogen and oxygen atoms in total. The largest absolute Gasteiger partial charge is 0.309 e. The number of rotatable bonds is 2. The molecule has 0 amide bonds. The van der Waals surface area contributed by atoms with Crippen molar-refractivity contribution in [3.63, 3.8) is 0 Å². The molecule has 88 valence electrons. The van der Waals surface area contributed by atoms with E-state index in [1.165, 1.54) is 0 Å². The molecule has 1 aromatic rings. The molecular weight excluding hydrogens is 228 g/mol. The van der Waals surface area contributed by atoms with Crippen LogP contribution >= 0.6 is 0 Å². The van der Waals surface area contributed by atoms with Gasteiger partial charge < -0.3 is 4.98 Å². The molecule has 0 unspecified atom stereocenters. The molecule has 0 radical (unpaired) electrons. The Labute approximate surface area is 93.8 Å². The van der Waals surface area contributed by atoms with E-state index < -0.39 is 9.84 Å². The van der Waals surface area contributed by atoms with Crippen LogP contribution < -0.4 is 5.56 Å². The van der Waals surface area contributed by atoms with Crippen LogP contribution in [0.3, 0.4) is 0 Å². The zero-order valence-electron chi connectivity index (χ0n) is 9.12. The van der Waals surface area contributed by atoms with Crippen molar-refractivity contribution in [2.45, 2.75) is 31.4 Å². The van der Waals surface area contributed by atoms with E-state index in [0.29, 0.717) is 0 Å². The van der Waals surface area contributed by atoms with Gasteiger partial charge in [0.1, 0.15) is 11.6 Å². The maximum absolute atomic E-state index is 11.7. The lowest BCUT2D eigenvalue weighted by atomic mass is 9.97. The van der Waals surface area contributed by atoms with Gasteiger partial charge in [0.2, 0.25) is 0 Å². The molecule has 0 saturated heterocycles. The topological polar surface area (TPSA) is 79.9 Å². The van der Waals surface area contributed by atoms with Crippen LogP contribution in [0.15, 0.2) is 4.79 Å². The van der Waals surface area contributed by atoms with Crippen molar-refractivity contribution in [2.24, 2.45) is 0 Å². The number of nitrogens with zero attached hydrogens (tertiary/aromatic N) is 1. The molecular formula is C10H14N2O3S. The van der Waals surface area contributed by atoms with Crippen molar-refractivity contribution in [2.75, 3.05) is 6.26 Å². The number of hydrogen-bond acceptors (Lipinski definition) is 4. The SMILES string of the molecule is CS(=O)(=O)Cc1nc2c(c(=O)[nH]1)CCCC2. The van der Waals surface area contributed by atoms with Gasteiger partial charge in [-0.15, -0.1) is 0 Å². The summed E-state index contributed by atoms with van der Waals surface area (Å²) in [4.78, 5) is 18.5. The number of nitrogens with one attached hydrogen (secondary N) is 1. The molecule has 6 heteroatoms. The van der Waals surface area contributed by atoms with E-state index in [2.05, 4.69) is 9.97 Å². The highest BCUT2D eigenvalue weighted by Crippen LogP contribution is 2.15. The standard InChI is InChI=1S/C10H14N2O3S/c1-16(14,15)6-9-11-8-5-3-2-4-7(8)10(13)12-9/h2-6H2,1H3,(H,11,12,13). The summed E-state index contributed by atoms with van der Waals surface area (Å²) in [5, 5.41) is 0. The van der Waals surface area contributed by atoms with E-state index in [1.807, 2.05) is 0 Å². The Morgan fingerprint density at radius 3 is 2.69 bits per heavy atom. The normalized spacial score (nSPS) is 15.8. The third-order valence-corrected chi connectivity index (χ3v) is 3.44. The molecule has 0 spiro atoms. The predicted molar refractivity (Wildman–Crippen MR) is 60.0 cm³/mol. The van der Waals surface area contributed by atoms with Gasteiger partial charge in [0, 0.05) is 11.8 Å². The van der Waals surface area contributed by atoms with Gasteiger partial charge in [-0.2, -0.15) is 0 Å². The molecule has 16 heavy (non-hydrogen) atoms. The van der Waals surface area contributed by atoms with Gasteiger partial charge >= 0.3 is 0 Å². The molecule has 0 bridgehead atoms. The second-order valence-corrected chi connectivity index (χ2v) is 6.36. The molecule has 0 fully saturated rings. The Hall–Kier alpha value is -1.17. The fraction of sp³-hybridized carbons (Fsp3) is 0.600. The Bertz CT molecular complexity index is 560. The fourth-order valence-corrected chi connectivity index (χ4v) is 2.60. The summed E-state index contributed by atoms with van der Waals surface area (Å²) in [7, 11) is -3.15. The first-order valence-electron chi connectivity index (χ1n) is 5.24. The number of aromatic amines is 1. The summed E-state index contributed by atoms with van der Waals surface area (Å²) in [6, 6.07) is 0. The summed E-state index contributed by atoms with van der Waals surface area (Å²) in [5.74, 6) is 0.0587. The molecule has 1 aliphatic rings. The van der Waals surface area contributed by atoms with Crippen molar-refractivity contribution in [3.8, 4) is 0 Å². The number of H-pyrrole nitrogens is 1. The van der Waals surface area contributed by atoms with Gasteiger partial charge in [-0.3, -0.25) is 4.79 Å². The molecule has 1 heterocycles. The minimum Gasteiger partial charge on any atom is -0.309 e. The molecule has 1 N–H and O–H groups in total. The zero-order chi connectivity index (χ0) is 11.8. The quantitative estimate of drug-likeness (QED) is 0.803. The summed E-state index contributed by atoms with van der Waals surface area (Å²) in [5.41, 5.74) is 1.32. The molecule has 1 aromatic heterocycles. The summed E-state index contributed by atoms with van der Waals surface area (Å²) < 4.78 is 22.2. The van der Waals surface area contributed by atoms with E-state index >= 15 is 0 Å². The maximum Gasteiger partial charge on any atom is 0.254 e. The number of aryl methyl sites for hydroxylation is 1. The highest BCUT2D eigenvalue weighted by atomic mass is 32.2. The van der Waals surface area contributed by atoms with Gasteiger partial charge in [-0.25, -0.2) is 13.4 Å². The summed E-state index contributed by atoms with van der Waals surface area (Å²) in [6.45, 7) is 0. The van der Waals surface area contributed by atoms with Gasteiger partial charge in [0.15, 0.2) is 9.84 Å². The van der Waals surface area contributed by atoms with Crippen LogP contribution in [0.4, 0.5) is 0 Å². The lowest BCUT2D eigenvalue weighted by Crippen LogP contribution is -2.23. The number of sulfone groups is 1. The van der Waals surface area contributed by atoms with Crippen molar-refractivity contribution in [1.29, 1.82) is 0 Å². The minimum atomic E-state index is -3.15. The summed E-state index contributed by atoms with van der Waals surface area (Å²) in [6.07, 6.45) is 4.67. The third-order valence-electron chi connectivity index (χ3n) is 2.64. The van der Waals surface area contributed by atoms with E-state index in [1.54, 1.807) is 0 Å². The first kappa shape index (κ1) is 11.3. The highest BCUT2D eigenvalue weighted by Gasteiger charge is 2.16. The van der Waals surface area contributed by atoms with Gasteiger partial charge in [-0.1, -0.05) is 0 Å². The molecule has 0 saturated carbocycles. The predicted octanol–water partition coefficient (Wildman–Crippen LogP) is 0.193. The third kappa shape index (κ3) is 2.49. The van der Waals surface area contributed by atoms with Crippen LogP contribution in [0.25, 0.3) is 0 Å². The van der Waals surface area contributed by atoms with Gasteiger partial charge in [-0.05, 0) is 25.7 Å². The average Bonchev–Trinajstić information content (AvgIpc) is 2.15. The average molecular weight is 242 g/mol. The van der Waals surface area contributed by atoms with Crippen molar-refractivity contribution < 1.29 is 8.42 Å². The molecule has 2 rings (SSSR count). The second-order valence-electron chi connectivity index (χ2n) is 4.22. The molecule has 0 aromatic carbocycles. The Kier molecular flexibility index (Phi) is 2.84. The highest BCUT2D eigenvalue weighted by molar-refractivity contribution is 7.89. The Morgan fingerprint density at radius 2 is 2.00 bits per heavy atom. The number of hydrogen-bond donors (Lipinski definition) is 1. The zero-order valence-corrected chi connectivity index (χ0v) is 9.93. The van der Waals surface area contributed by atoms with Crippen molar-refractivity contribution in [3.05, 3.63) is 27.4 Å². The lowest BCUT2D eigenvalue weighted by molar-refractivity contribution is 0.598. The van der Waals surface area contributed by atoms with E-state index in [9.17, 15) is 13.2 Å². The molecule has 1 aliphatic carbocycles. The van der Waals surface area contributed by atoms with Crippen LogP contribution in [0.5, 0.6) is 0 Å². The van der Waals surface area contributed by atoms with Crippen LogP contribution in [-0.4, -0.2) is 24.6 Å². The Balaban J connectivity index is 2.43. The fourth-order valence-electron chi connectivity index (χ4n) is 1.97. The van der Waals surface area contributed by atoms with E-state index in [0.717, 1.165) is 43.2 Å². The lowest BCUT2D eigenvalue weighted by Gasteiger charge is -2.14. The van der Waals surface area contributed by atoms with Crippen molar-refractivity contribution in [1.82, 2.24) is 9.97 Å². The second kappa shape index (κ2) is 4.01. The van der Waals surface area contributed by atoms with Crippen LogP contribution in [-0.2, 0) is 28.4 Å². The monoisotopic (exact) mass is 242 g/mol.